The van der Waals surface area contributed by atoms with E-state index in [2.05, 4.69) is 20.0 Å². The molecule has 1 aromatic heterocycles. The standard InChI is InChI=1S/C22H20N4O3/c1-14-11-21(27)25-19-5-3-16(13-17(14)19)24-22(28)18-12-15(23-2)4-6-20(18)26-7-9-29-10-8-26/h3-6,11-13H,7-10H2,1H3,(H,24,28)(H,25,27). The summed E-state index contributed by atoms with van der Waals surface area (Å²) in [6, 6.07) is 12.1. The molecular weight excluding hydrogens is 368 g/mol. The van der Waals surface area contributed by atoms with Crippen molar-refractivity contribution in [1.29, 1.82) is 0 Å². The number of rotatable bonds is 3. The van der Waals surface area contributed by atoms with Crippen LogP contribution >= 0.6 is 0 Å². The lowest BCUT2D eigenvalue weighted by molar-refractivity contribution is 0.102. The highest BCUT2D eigenvalue weighted by Gasteiger charge is 2.19. The number of aromatic nitrogens is 1. The van der Waals surface area contributed by atoms with E-state index >= 15 is 0 Å². The summed E-state index contributed by atoms with van der Waals surface area (Å²) in [5.74, 6) is -0.279. The van der Waals surface area contributed by atoms with Crippen molar-refractivity contribution in [2.24, 2.45) is 0 Å². The number of carbonyl (C=O) groups is 1. The predicted molar refractivity (Wildman–Crippen MR) is 113 cm³/mol. The van der Waals surface area contributed by atoms with Gasteiger partial charge in [-0.05, 0) is 42.8 Å². The SMILES string of the molecule is [C-]#[N+]c1ccc(N2CCOCC2)c(C(=O)Nc2ccc3[nH]c(=O)cc(C)c3c2)c1. The second kappa shape index (κ2) is 7.78. The number of aryl methyl sites for hydroxylation is 1. The number of aromatic amines is 1. The molecule has 146 valence electrons. The van der Waals surface area contributed by atoms with E-state index in [0.717, 1.165) is 22.2 Å². The second-order valence-corrected chi connectivity index (χ2v) is 6.94. The van der Waals surface area contributed by atoms with Gasteiger partial charge < -0.3 is 19.9 Å². The Morgan fingerprint density at radius 1 is 1.17 bits per heavy atom. The molecule has 7 heteroatoms. The molecule has 2 heterocycles. The second-order valence-electron chi connectivity index (χ2n) is 6.94. The first-order valence-corrected chi connectivity index (χ1v) is 9.34. The van der Waals surface area contributed by atoms with Crippen molar-refractivity contribution in [3.63, 3.8) is 0 Å². The molecule has 0 spiro atoms. The number of nitrogens with zero attached hydrogens (tertiary/aromatic N) is 2. The zero-order valence-electron chi connectivity index (χ0n) is 16.0. The minimum atomic E-state index is -0.279. The summed E-state index contributed by atoms with van der Waals surface area (Å²) < 4.78 is 5.41. The van der Waals surface area contributed by atoms with Gasteiger partial charge in [0.2, 0.25) is 5.56 Å². The molecule has 3 aromatic rings. The Bertz CT molecular complexity index is 1190. The van der Waals surface area contributed by atoms with Crippen LogP contribution in [0.3, 0.4) is 0 Å². The van der Waals surface area contributed by atoms with Crippen molar-refractivity contribution in [2.75, 3.05) is 36.5 Å². The van der Waals surface area contributed by atoms with Crippen LogP contribution in [0.4, 0.5) is 17.1 Å². The topological polar surface area (TPSA) is 78.8 Å². The van der Waals surface area contributed by atoms with Gasteiger partial charge in [0.1, 0.15) is 0 Å². The summed E-state index contributed by atoms with van der Waals surface area (Å²) in [4.78, 5) is 33.1. The number of morpholine rings is 1. The number of hydrogen-bond donors (Lipinski definition) is 2. The van der Waals surface area contributed by atoms with Gasteiger partial charge in [0, 0.05) is 41.4 Å². The maximum atomic E-state index is 13.1. The van der Waals surface area contributed by atoms with E-state index in [-0.39, 0.29) is 11.5 Å². The zero-order valence-corrected chi connectivity index (χ0v) is 16.0. The number of ether oxygens (including phenoxy) is 1. The molecule has 0 radical (unpaired) electrons. The third-order valence-electron chi connectivity index (χ3n) is 5.01. The van der Waals surface area contributed by atoms with Crippen LogP contribution in [-0.4, -0.2) is 37.2 Å². The number of anilines is 2. The fourth-order valence-corrected chi connectivity index (χ4v) is 3.55. The van der Waals surface area contributed by atoms with Gasteiger partial charge in [-0.15, -0.1) is 0 Å². The third kappa shape index (κ3) is 3.84. The van der Waals surface area contributed by atoms with Crippen molar-refractivity contribution >= 4 is 33.9 Å². The molecule has 1 amide bonds. The Hall–Kier alpha value is -3.63. The number of amides is 1. The van der Waals surface area contributed by atoms with Crippen LogP contribution in [0.25, 0.3) is 15.7 Å². The molecular formula is C22H20N4O3. The summed E-state index contributed by atoms with van der Waals surface area (Å²) in [5.41, 5.74) is 3.69. The minimum absolute atomic E-state index is 0.155. The number of carbonyl (C=O) groups excluding carboxylic acids is 1. The summed E-state index contributed by atoms with van der Waals surface area (Å²) >= 11 is 0. The summed E-state index contributed by atoms with van der Waals surface area (Å²) in [7, 11) is 0. The normalized spacial score (nSPS) is 13.9. The van der Waals surface area contributed by atoms with Gasteiger partial charge in [0.05, 0.1) is 25.3 Å². The first-order chi connectivity index (χ1) is 14.0. The summed E-state index contributed by atoms with van der Waals surface area (Å²) in [6.45, 7) is 11.7. The average molecular weight is 388 g/mol. The average Bonchev–Trinajstić information content (AvgIpc) is 2.74. The third-order valence-corrected chi connectivity index (χ3v) is 5.01. The largest absolute Gasteiger partial charge is 0.378 e. The van der Waals surface area contributed by atoms with Gasteiger partial charge in [-0.25, -0.2) is 4.85 Å². The number of nitrogens with one attached hydrogen (secondary N) is 2. The maximum absolute atomic E-state index is 13.1. The van der Waals surface area contributed by atoms with E-state index in [1.54, 1.807) is 24.3 Å². The van der Waals surface area contributed by atoms with Crippen LogP contribution < -0.4 is 15.8 Å². The highest BCUT2D eigenvalue weighted by atomic mass is 16.5. The first kappa shape index (κ1) is 18.7. The Morgan fingerprint density at radius 3 is 2.72 bits per heavy atom. The molecule has 2 N–H and O–H groups in total. The van der Waals surface area contributed by atoms with E-state index < -0.39 is 0 Å². The summed E-state index contributed by atoms with van der Waals surface area (Å²) in [5, 5.41) is 3.80. The molecule has 1 aliphatic rings. The quantitative estimate of drug-likeness (QED) is 0.674. The fourth-order valence-electron chi connectivity index (χ4n) is 3.55. The Balaban J connectivity index is 1.68. The van der Waals surface area contributed by atoms with E-state index in [9.17, 15) is 9.59 Å². The van der Waals surface area contributed by atoms with Crippen molar-refractivity contribution in [2.45, 2.75) is 6.92 Å². The van der Waals surface area contributed by atoms with Crippen molar-refractivity contribution in [3.05, 3.63) is 75.4 Å². The van der Waals surface area contributed by atoms with Crippen LogP contribution in [0.5, 0.6) is 0 Å². The van der Waals surface area contributed by atoms with Crippen molar-refractivity contribution in [1.82, 2.24) is 4.98 Å². The highest BCUT2D eigenvalue weighted by Crippen LogP contribution is 2.28. The Labute approximate surface area is 167 Å². The molecule has 0 saturated carbocycles. The highest BCUT2D eigenvalue weighted by molar-refractivity contribution is 6.09. The van der Waals surface area contributed by atoms with E-state index in [1.807, 2.05) is 19.1 Å². The van der Waals surface area contributed by atoms with Crippen molar-refractivity contribution in [3.8, 4) is 0 Å². The number of pyridine rings is 1. The minimum Gasteiger partial charge on any atom is -0.378 e. The van der Waals surface area contributed by atoms with Gasteiger partial charge in [0.15, 0.2) is 5.69 Å². The van der Waals surface area contributed by atoms with Crippen LogP contribution in [0.15, 0.2) is 47.3 Å². The van der Waals surface area contributed by atoms with Crippen LogP contribution in [-0.2, 0) is 4.74 Å². The Morgan fingerprint density at radius 2 is 1.97 bits per heavy atom. The number of fused-ring (bicyclic) bond motifs is 1. The van der Waals surface area contributed by atoms with E-state index in [4.69, 9.17) is 11.3 Å². The smallest absolute Gasteiger partial charge is 0.256 e. The Kier molecular flexibility index (Phi) is 5.02. The number of benzene rings is 2. The van der Waals surface area contributed by atoms with Gasteiger partial charge in [-0.3, -0.25) is 9.59 Å². The fraction of sp³-hybridized carbons (Fsp3) is 0.227. The van der Waals surface area contributed by atoms with E-state index in [1.165, 1.54) is 6.07 Å². The zero-order chi connectivity index (χ0) is 20.4. The van der Waals surface area contributed by atoms with Gasteiger partial charge in [-0.1, -0.05) is 6.07 Å². The molecule has 7 nitrogen and oxygen atoms in total. The number of H-pyrrole nitrogens is 1. The van der Waals surface area contributed by atoms with Crippen LogP contribution in [0.1, 0.15) is 15.9 Å². The molecule has 1 aliphatic heterocycles. The molecule has 0 atom stereocenters. The molecule has 2 aromatic carbocycles. The van der Waals surface area contributed by atoms with Crippen molar-refractivity contribution < 1.29 is 9.53 Å². The molecule has 1 saturated heterocycles. The van der Waals surface area contributed by atoms with Crippen LogP contribution in [0.2, 0.25) is 0 Å². The molecule has 1 fully saturated rings. The molecule has 4 rings (SSSR count). The summed E-state index contributed by atoms with van der Waals surface area (Å²) in [6.07, 6.45) is 0. The maximum Gasteiger partial charge on any atom is 0.256 e. The van der Waals surface area contributed by atoms with Gasteiger partial charge >= 0.3 is 0 Å². The van der Waals surface area contributed by atoms with E-state index in [0.29, 0.717) is 43.2 Å². The first-order valence-electron chi connectivity index (χ1n) is 9.34. The van der Waals surface area contributed by atoms with Crippen LogP contribution in [0, 0.1) is 13.5 Å². The molecule has 0 bridgehead atoms. The lowest BCUT2D eigenvalue weighted by Crippen LogP contribution is -2.37. The molecule has 29 heavy (non-hydrogen) atoms. The lowest BCUT2D eigenvalue weighted by atomic mass is 10.1. The monoisotopic (exact) mass is 388 g/mol. The molecule has 0 aliphatic carbocycles. The van der Waals surface area contributed by atoms with Gasteiger partial charge in [0.25, 0.3) is 5.91 Å². The predicted octanol–water partition coefficient (Wildman–Crippen LogP) is 3.48. The van der Waals surface area contributed by atoms with Gasteiger partial charge in [-0.2, -0.15) is 0 Å². The molecule has 0 unspecified atom stereocenters. The lowest BCUT2D eigenvalue weighted by Gasteiger charge is -2.30. The number of hydrogen-bond acceptors (Lipinski definition) is 4.